The Hall–Kier alpha value is -3.00. The lowest BCUT2D eigenvalue weighted by Crippen LogP contribution is -2.41. The number of carboxylic acids is 1. The fourth-order valence-electron chi connectivity index (χ4n) is 2.79. The molecule has 1 aromatic carbocycles. The molecular formula is C18H16N3O4S-. The van der Waals surface area contributed by atoms with Crippen LogP contribution < -0.4 is 15.7 Å². The number of carboxylic acid groups (broad SMARTS) is 1. The van der Waals surface area contributed by atoms with Crippen LogP contribution in [0.4, 0.5) is 10.8 Å². The summed E-state index contributed by atoms with van der Waals surface area (Å²) in [6.45, 7) is 0. The molecule has 2 atom stereocenters. The Morgan fingerprint density at radius 3 is 2.58 bits per heavy atom. The number of benzene rings is 1. The van der Waals surface area contributed by atoms with Gasteiger partial charge in [-0.25, -0.2) is 4.98 Å². The summed E-state index contributed by atoms with van der Waals surface area (Å²) in [4.78, 5) is 39.9. The minimum atomic E-state index is -1.23. The smallest absolute Gasteiger partial charge is 0.257 e. The van der Waals surface area contributed by atoms with E-state index in [2.05, 4.69) is 15.6 Å². The van der Waals surface area contributed by atoms with Crippen molar-refractivity contribution in [2.24, 2.45) is 11.8 Å². The van der Waals surface area contributed by atoms with Gasteiger partial charge in [0.25, 0.3) is 5.91 Å². The molecule has 0 spiro atoms. The number of amides is 2. The van der Waals surface area contributed by atoms with Crippen LogP contribution in [0.1, 0.15) is 23.2 Å². The normalized spacial score (nSPS) is 18.9. The van der Waals surface area contributed by atoms with Crippen molar-refractivity contribution in [3.05, 3.63) is 53.6 Å². The summed E-state index contributed by atoms with van der Waals surface area (Å²) in [5.41, 5.74) is 0.784. The second-order valence-corrected chi connectivity index (χ2v) is 6.73. The molecule has 0 unspecified atom stereocenters. The van der Waals surface area contributed by atoms with Gasteiger partial charge < -0.3 is 15.2 Å². The number of nitrogens with one attached hydrogen (secondary N) is 2. The lowest BCUT2D eigenvalue weighted by atomic mass is 9.82. The Bertz CT molecular complexity index is 848. The molecule has 2 N–H and O–H groups in total. The van der Waals surface area contributed by atoms with E-state index in [4.69, 9.17) is 0 Å². The summed E-state index contributed by atoms with van der Waals surface area (Å²) in [6.07, 6.45) is 5.74. The van der Waals surface area contributed by atoms with Gasteiger partial charge in [-0.15, -0.1) is 11.3 Å². The van der Waals surface area contributed by atoms with Crippen LogP contribution in [0.15, 0.2) is 48.0 Å². The zero-order valence-corrected chi connectivity index (χ0v) is 14.5. The summed E-state index contributed by atoms with van der Waals surface area (Å²) in [5.74, 6) is -3.52. The second-order valence-electron chi connectivity index (χ2n) is 5.84. The molecule has 1 heterocycles. The van der Waals surface area contributed by atoms with Crippen molar-refractivity contribution in [3.63, 3.8) is 0 Å². The molecule has 2 amide bonds. The van der Waals surface area contributed by atoms with Gasteiger partial charge >= 0.3 is 0 Å². The lowest BCUT2D eigenvalue weighted by Gasteiger charge is -2.28. The number of allylic oxidation sites excluding steroid dienone is 2. The predicted octanol–water partition coefficient (Wildman–Crippen LogP) is 1.67. The maximum absolute atomic E-state index is 12.5. The predicted molar refractivity (Wildman–Crippen MR) is 95.5 cm³/mol. The minimum absolute atomic E-state index is 0.274. The molecule has 8 heteroatoms. The number of thiazole rings is 1. The average Bonchev–Trinajstić information content (AvgIpc) is 3.15. The highest BCUT2D eigenvalue weighted by atomic mass is 32.1. The van der Waals surface area contributed by atoms with Gasteiger partial charge in [-0.2, -0.15) is 0 Å². The highest BCUT2D eigenvalue weighted by Gasteiger charge is 2.29. The highest BCUT2D eigenvalue weighted by Crippen LogP contribution is 2.27. The van der Waals surface area contributed by atoms with Gasteiger partial charge in [0.15, 0.2) is 5.13 Å². The molecule has 1 aromatic heterocycles. The Kier molecular flexibility index (Phi) is 5.43. The fraction of sp³-hybridized carbons (Fsp3) is 0.222. The van der Waals surface area contributed by atoms with Gasteiger partial charge in [-0.3, -0.25) is 14.9 Å². The van der Waals surface area contributed by atoms with E-state index in [0.29, 0.717) is 22.8 Å². The summed E-state index contributed by atoms with van der Waals surface area (Å²) in [7, 11) is 0. The van der Waals surface area contributed by atoms with Crippen molar-refractivity contribution in [2.75, 3.05) is 10.6 Å². The first-order valence-electron chi connectivity index (χ1n) is 8.02. The van der Waals surface area contributed by atoms with E-state index in [9.17, 15) is 19.5 Å². The number of rotatable bonds is 5. The van der Waals surface area contributed by atoms with Crippen molar-refractivity contribution >= 4 is 39.9 Å². The number of carbonyl (C=O) groups excluding carboxylic acids is 3. The van der Waals surface area contributed by atoms with Crippen LogP contribution in [0.25, 0.3) is 0 Å². The van der Waals surface area contributed by atoms with E-state index in [0.717, 1.165) is 0 Å². The molecule has 0 radical (unpaired) electrons. The highest BCUT2D eigenvalue weighted by molar-refractivity contribution is 7.13. The molecule has 134 valence electrons. The third kappa shape index (κ3) is 4.15. The quantitative estimate of drug-likeness (QED) is 0.778. The number of nitrogens with zero attached hydrogens (tertiary/aromatic N) is 1. The van der Waals surface area contributed by atoms with Gasteiger partial charge in [0.2, 0.25) is 5.91 Å². The third-order valence-corrected chi connectivity index (χ3v) is 4.81. The van der Waals surface area contributed by atoms with E-state index in [-0.39, 0.29) is 12.3 Å². The van der Waals surface area contributed by atoms with Gasteiger partial charge in [-0.05, 0) is 31.0 Å². The van der Waals surface area contributed by atoms with Crippen LogP contribution in [0.5, 0.6) is 0 Å². The number of hydrogen-bond donors (Lipinski definition) is 2. The van der Waals surface area contributed by atoms with E-state index in [1.807, 2.05) is 0 Å². The largest absolute Gasteiger partial charge is 0.550 e. The van der Waals surface area contributed by atoms with Crippen LogP contribution in [0.3, 0.4) is 0 Å². The number of carbonyl (C=O) groups is 3. The topological polar surface area (TPSA) is 111 Å². The first kappa shape index (κ1) is 17.8. The lowest BCUT2D eigenvalue weighted by molar-refractivity contribution is -0.313. The van der Waals surface area contributed by atoms with Gasteiger partial charge in [0.1, 0.15) is 0 Å². The van der Waals surface area contributed by atoms with Crippen LogP contribution in [-0.4, -0.2) is 22.8 Å². The van der Waals surface area contributed by atoms with Crippen LogP contribution in [-0.2, 0) is 9.59 Å². The molecule has 0 fully saturated rings. The molecule has 1 aliphatic rings. The average molecular weight is 370 g/mol. The summed E-state index contributed by atoms with van der Waals surface area (Å²) < 4.78 is 0. The molecule has 0 bridgehead atoms. The Morgan fingerprint density at radius 1 is 1.12 bits per heavy atom. The SMILES string of the molecule is O=C(Nc1nccs1)c1cccc(NC(=O)[C@H]2CC=CC[C@H]2C(=O)[O-])c1. The number of hydrogen-bond acceptors (Lipinski definition) is 6. The molecule has 26 heavy (non-hydrogen) atoms. The number of anilines is 2. The molecular weight excluding hydrogens is 354 g/mol. The maximum Gasteiger partial charge on any atom is 0.257 e. The summed E-state index contributed by atoms with van der Waals surface area (Å²) in [5, 5.41) is 18.8. The van der Waals surface area contributed by atoms with Crippen LogP contribution >= 0.6 is 11.3 Å². The van der Waals surface area contributed by atoms with E-state index >= 15 is 0 Å². The molecule has 2 aromatic rings. The Balaban J connectivity index is 1.70. The molecule has 0 saturated carbocycles. The molecule has 1 aliphatic carbocycles. The molecule has 0 aliphatic heterocycles. The molecule has 7 nitrogen and oxygen atoms in total. The van der Waals surface area contributed by atoms with Gasteiger partial charge in [-0.1, -0.05) is 18.2 Å². The van der Waals surface area contributed by atoms with E-state index < -0.39 is 23.7 Å². The maximum atomic E-state index is 12.5. The second kappa shape index (κ2) is 7.92. The summed E-state index contributed by atoms with van der Waals surface area (Å²) in [6, 6.07) is 6.44. The van der Waals surface area contributed by atoms with Crippen LogP contribution in [0, 0.1) is 11.8 Å². The first-order valence-corrected chi connectivity index (χ1v) is 8.90. The zero-order valence-electron chi connectivity index (χ0n) is 13.7. The fourth-order valence-corrected chi connectivity index (χ4v) is 3.32. The standard InChI is InChI=1S/C18H17N3O4S/c22-15(21-18-19-8-9-26-18)11-4-3-5-12(10-11)20-16(23)13-6-1-2-7-14(13)17(24)25/h1-5,8-10,13-14H,6-7H2,(H,20,23)(H,24,25)(H,19,21,22)/p-1/t13-,14+/m0/s1. The minimum Gasteiger partial charge on any atom is -0.550 e. The number of aliphatic carboxylic acids is 1. The molecule has 0 saturated heterocycles. The Labute approximate surface area is 153 Å². The van der Waals surface area contributed by atoms with Crippen molar-refractivity contribution in [1.82, 2.24) is 4.98 Å². The zero-order chi connectivity index (χ0) is 18.5. The monoisotopic (exact) mass is 370 g/mol. The van der Waals surface area contributed by atoms with Crippen molar-refractivity contribution in [2.45, 2.75) is 12.8 Å². The van der Waals surface area contributed by atoms with Gasteiger partial charge in [0, 0.05) is 34.7 Å². The summed E-state index contributed by atoms with van der Waals surface area (Å²) >= 11 is 1.30. The van der Waals surface area contributed by atoms with Crippen molar-refractivity contribution in [1.29, 1.82) is 0 Å². The van der Waals surface area contributed by atoms with Gasteiger partial charge in [0.05, 0.1) is 5.92 Å². The Morgan fingerprint density at radius 2 is 1.88 bits per heavy atom. The van der Waals surface area contributed by atoms with Crippen molar-refractivity contribution < 1.29 is 19.5 Å². The number of aromatic nitrogens is 1. The molecule has 3 rings (SSSR count). The van der Waals surface area contributed by atoms with Crippen molar-refractivity contribution in [3.8, 4) is 0 Å². The first-order chi connectivity index (χ1) is 12.5. The van der Waals surface area contributed by atoms with E-state index in [1.54, 1.807) is 41.9 Å². The van der Waals surface area contributed by atoms with E-state index in [1.165, 1.54) is 17.4 Å². The van der Waals surface area contributed by atoms with Crippen LogP contribution in [0.2, 0.25) is 0 Å². The third-order valence-electron chi connectivity index (χ3n) is 4.12.